The van der Waals surface area contributed by atoms with Gasteiger partial charge in [0.25, 0.3) is 5.91 Å². The summed E-state index contributed by atoms with van der Waals surface area (Å²) < 4.78 is 5.57. The number of hydrogen-bond donors (Lipinski definition) is 3. The Balaban J connectivity index is 1.31. The maximum Gasteiger partial charge on any atom is 0.323 e. The normalized spacial score (nSPS) is 12.9. The second-order valence-electron chi connectivity index (χ2n) is 10.3. The van der Waals surface area contributed by atoms with Gasteiger partial charge in [-0.15, -0.1) is 0 Å². The molecular weight excluding hydrogens is 526 g/mol. The van der Waals surface area contributed by atoms with E-state index in [0.29, 0.717) is 23.5 Å². The van der Waals surface area contributed by atoms with Crippen LogP contribution < -0.4 is 30.5 Å². The number of anilines is 4. The molecule has 0 atom stereocenters. The number of nitrogens with one attached hydrogen (secondary N) is 3. The van der Waals surface area contributed by atoms with E-state index < -0.39 is 0 Å². The van der Waals surface area contributed by atoms with Crippen LogP contribution in [0.4, 0.5) is 27.5 Å². The van der Waals surface area contributed by atoms with Crippen molar-refractivity contribution in [3.8, 4) is 5.75 Å². The lowest BCUT2D eigenvalue weighted by molar-refractivity contribution is 0.0954. The predicted molar refractivity (Wildman–Crippen MR) is 170 cm³/mol. The summed E-state index contributed by atoms with van der Waals surface area (Å²) in [7, 11) is 1.69. The summed E-state index contributed by atoms with van der Waals surface area (Å²) in [5, 5.41) is 8.81. The molecule has 0 unspecified atom stereocenters. The molecule has 1 aliphatic heterocycles. The molecule has 0 radical (unpaired) electrons. The van der Waals surface area contributed by atoms with Gasteiger partial charge in [-0.25, -0.2) is 4.79 Å². The zero-order valence-electron chi connectivity index (χ0n) is 24.1. The molecule has 0 saturated carbocycles. The lowest BCUT2D eigenvalue weighted by atomic mass is 10.1. The zero-order chi connectivity index (χ0) is 29.3. The fraction of sp³-hybridized carbons (Fsp3) is 0.235. The second kappa shape index (κ2) is 13.6. The summed E-state index contributed by atoms with van der Waals surface area (Å²) in [6.45, 7) is 5.56. The van der Waals surface area contributed by atoms with E-state index in [4.69, 9.17) is 4.74 Å². The molecule has 5 rings (SSSR count). The van der Waals surface area contributed by atoms with E-state index >= 15 is 0 Å². The van der Waals surface area contributed by atoms with E-state index in [-0.39, 0.29) is 11.9 Å². The number of carbonyl (C=O) groups is 2. The van der Waals surface area contributed by atoms with Crippen molar-refractivity contribution in [3.05, 3.63) is 114 Å². The molecule has 3 N–H and O–H groups in total. The molecule has 3 amide bonds. The Morgan fingerprint density at radius 2 is 1.36 bits per heavy atom. The van der Waals surface area contributed by atoms with Crippen molar-refractivity contribution >= 4 is 34.7 Å². The molecule has 8 heteroatoms. The molecule has 0 aliphatic carbocycles. The van der Waals surface area contributed by atoms with Gasteiger partial charge in [-0.05, 0) is 61.4 Å². The molecule has 1 aliphatic rings. The first-order valence-electron chi connectivity index (χ1n) is 14.2. The molecule has 42 heavy (non-hydrogen) atoms. The minimum atomic E-state index is -0.368. The standard InChI is InChI=1S/C34H37N5O3/c1-25-12-14-27(15-13-25)36-34(41)37-28-16-17-30(29(24-28)33(40)35-19-18-26-8-4-3-5-9-26)38-20-22-39(23-21-38)31-10-6-7-11-32(31)42-2/h3-17,24H,18-23H2,1-2H3,(H,35,40)(H2,36,37,41). The van der Waals surface area contributed by atoms with Crippen molar-refractivity contribution < 1.29 is 14.3 Å². The Kier molecular flexibility index (Phi) is 9.23. The van der Waals surface area contributed by atoms with Crippen molar-refractivity contribution in [2.45, 2.75) is 13.3 Å². The maximum atomic E-state index is 13.5. The first-order valence-corrected chi connectivity index (χ1v) is 14.2. The number of nitrogens with zero attached hydrogens (tertiary/aromatic N) is 2. The van der Waals surface area contributed by atoms with Crippen LogP contribution in [0.1, 0.15) is 21.5 Å². The average Bonchev–Trinajstić information content (AvgIpc) is 3.02. The van der Waals surface area contributed by atoms with Gasteiger partial charge in [0.05, 0.1) is 18.4 Å². The average molecular weight is 564 g/mol. The third-order valence-corrected chi connectivity index (χ3v) is 7.40. The number of urea groups is 1. The van der Waals surface area contributed by atoms with Gasteiger partial charge in [0.1, 0.15) is 5.75 Å². The first kappa shape index (κ1) is 28.5. The van der Waals surface area contributed by atoms with Gasteiger partial charge < -0.3 is 30.5 Å². The molecule has 0 spiro atoms. The second-order valence-corrected chi connectivity index (χ2v) is 10.3. The highest BCUT2D eigenvalue weighted by atomic mass is 16.5. The van der Waals surface area contributed by atoms with Crippen molar-refractivity contribution in [2.24, 2.45) is 0 Å². The van der Waals surface area contributed by atoms with E-state index in [0.717, 1.165) is 60.9 Å². The molecule has 4 aromatic rings. The molecule has 4 aromatic carbocycles. The summed E-state index contributed by atoms with van der Waals surface area (Å²) in [5.74, 6) is 0.680. The van der Waals surface area contributed by atoms with Crippen molar-refractivity contribution in [2.75, 3.05) is 60.3 Å². The summed E-state index contributed by atoms with van der Waals surface area (Å²) >= 11 is 0. The van der Waals surface area contributed by atoms with Crippen molar-refractivity contribution in [1.29, 1.82) is 0 Å². The summed E-state index contributed by atoms with van der Waals surface area (Å²) in [5.41, 5.74) is 5.96. The number of carbonyl (C=O) groups excluding carboxylic acids is 2. The third-order valence-electron chi connectivity index (χ3n) is 7.40. The summed E-state index contributed by atoms with van der Waals surface area (Å²) in [6.07, 6.45) is 0.733. The van der Waals surface area contributed by atoms with Crippen molar-refractivity contribution in [3.63, 3.8) is 0 Å². The van der Waals surface area contributed by atoms with Crippen LogP contribution in [0.3, 0.4) is 0 Å². The summed E-state index contributed by atoms with van der Waals surface area (Å²) in [4.78, 5) is 30.8. The fourth-order valence-corrected chi connectivity index (χ4v) is 5.14. The number of piperazine rings is 1. The maximum absolute atomic E-state index is 13.5. The van der Waals surface area contributed by atoms with Gasteiger partial charge in [-0.3, -0.25) is 4.79 Å². The van der Waals surface area contributed by atoms with Gasteiger partial charge in [-0.2, -0.15) is 0 Å². The van der Waals surface area contributed by atoms with E-state index in [2.05, 4.69) is 43.9 Å². The highest BCUT2D eigenvalue weighted by Gasteiger charge is 2.24. The fourth-order valence-electron chi connectivity index (χ4n) is 5.14. The van der Waals surface area contributed by atoms with E-state index in [1.807, 2.05) is 79.7 Å². The van der Waals surface area contributed by atoms with Gasteiger partial charge in [0.2, 0.25) is 0 Å². The van der Waals surface area contributed by atoms with Crippen LogP contribution in [0.15, 0.2) is 97.1 Å². The van der Waals surface area contributed by atoms with Crippen LogP contribution >= 0.6 is 0 Å². The van der Waals surface area contributed by atoms with Crippen LogP contribution in [0.2, 0.25) is 0 Å². The lowest BCUT2D eigenvalue weighted by Crippen LogP contribution is -2.47. The Labute approximate surface area is 247 Å². The highest BCUT2D eigenvalue weighted by Crippen LogP contribution is 2.31. The van der Waals surface area contributed by atoms with Crippen molar-refractivity contribution in [1.82, 2.24) is 5.32 Å². The van der Waals surface area contributed by atoms with Crippen LogP contribution in [-0.2, 0) is 6.42 Å². The zero-order valence-corrected chi connectivity index (χ0v) is 24.1. The Bertz CT molecular complexity index is 1500. The first-order chi connectivity index (χ1) is 20.5. The Morgan fingerprint density at radius 3 is 2.07 bits per heavy atom. The van der Waals surface area contributed by atoms with Crippen LogP contribution in [0, 0.1) is 6.92 Å². The minimum absolute atomic E-state index is 0.171. The minimum Gasteiger partial charge on any atom is -0.495 e. The van der Waals surface area contributed by atoms with Crippen LogP contribution in [0.5, 0.6) is 5.75 Å². The van der Waals surface area contributed by atoms with Gasteiger partial charge in [0.15, 0.2) is 0 Å². The third kappa shape index (κ3) is 7.20. The van der Waals surface area contributed by atoms with E-state index in [1.54, 1.807) is 13.2 Å². The molecule has 8 nitrogen and oxygen atoms in total. The topological polar surface area (TPSA) is 85.9 Å². The number of aryl methyl sites for hydroxylation is 1. The SMILES string of the molecule is COc1ccccc1N1CCN(c2ccc(NC(=O)Nc3ccc(C)cc3)cc2C(=O)NCCc2ccccc2)CC1. The Morgan fingerprint density at radius 1 is 0.738 bits per heavy atom. The molecule has 216 valence electrons. The number of benzene rings is 4. The van der Waals surface area contributed by atoms with Gasteiger partial charge in [0, 0.05) is 49.8 Å². The number of para-hydroxylation sites is 2. The molecule has 1 fully saturated rings. The van der Waals surface area contributed by atoms with Crippen LogP contribution in [0.25, 0.3) is 0 Å². The molecule has 1 saturated heterocycles. The van der Waals surface area contributed by atoms with E-state index in [9.17, 15) is 9.59 Å². The number of ether oxygens (including phenoxy) is 1. The monoisotopic (exact) mass is 563 g/mol. The molecule has 1 heterocycles. The van der Waals surface area contributed by atoms with Crippen LogP contribution in [-0.4, -0.2) is 51.8 Å². The number of methoxy groups -OCH3 is 1. The largest absolute Gasteiger partial charge is 0.495 e. The lowest BCUT2D eigenvalue weighted by Gasteiger charge is -2.38. The smallest absolute Gasteiger partial charge is 0.323 e. The quantitative estimate of drug-likeness (QED) is 0.235. The Hall–Kier alpha value is -4.98. The molecule has 0 bridgehead atoms. The van der Waals surface area contributed by atoms with Gasteiger partial charge >= 0.3 is 6.03 Å². The molecular formula is C34H37N5O3. The predicted octanol–water partition coefficient (Wildman–Crippen LogP) is 5.95. The number of amides is 3. The van der Waals surface area contributed by atoms with E-state index in [1.165, 1.54) is 0 Å². The van der Waals surface area contributed by atoms with Gasteiger partial charge in [-0.1, -0.05) is 60.2 Å². The number of hydrogen-bond acceptors (Lipinski definition) is 5. The highest BCUT2D eigenvalue weighted by molar-refractivity contribution is 6.04. The molecule has 0 aromatic heterocycles. The number of rotatable bonds is 9. The summed E-state index contributed by atoms with van der Waals surface area (Å²) in [6, 6.07) is 30.9.